The van der Waals surface area contributed by atoms with Crippen molar-refractivity contribution in [2.75, 3.05) is 13.1 Å². The van der Waals surface area contributed by atoms with Crippen LogP contribution in [0, 0.1) is 5.41 Å². The molecule has 1 fully saturated rings. The third kappa shape index (κ3) is 3.27. The van der Waals surface area contributed by atoms with Crippen LogP contribution in [0.3, 0.4) is 0 Å². The Morgan fingerprint density at radius 3 is 2.79 bits per heavy atom. The second-order valence-electron chi connectivity index (χ2n) is 6.49. The highest BCUT2D eigenvalue weighted by atomic mass is 16.3. The van der Waals surface area contributed by atoms with E-state index in [-0.39, 0.29) is 17.4 Å². The summed E-state index contributed by atoms with van der Waals surface area (Å²) in [5.74, 6) is 0.0261. The van der Waals surface area contributed by atoms with E-state index in [2.05, 4.69) is 20.8 Å². The molecule has 0 radical (unpaired) electrons. The summed E-state index contributed by atoms with van der Waals surface area (Å²) in [7, 11) is 0. The highest BCUT2D eigenvalue weighted by Gasteiger charge is 2.27. The summed E-state index contributed by atoms with van der Waals surface area (Å²) in [6, 6.07) is 0. The molecule has 0 aromatic heterocycles. The Labute approximate surface area is 116 Å². The Kier molecular flexibility index (Phi) is 4.14. The van der Waals surface area contributed by atoms with Crippen LogP contribution >= 0.6 is 0 Å². The van der Waals surface area contributed by atoms with Crippen LogP contribution < -0.4 is 0 Å². The van der Waals surface area contributed by atoms with E-state index in [1.165, 1.54) is 24.0 Å². The molecule has 3 nitrogen and oxygen atoms in total. The minimum atomic E-state index is -0.343. The molecule has 0 saturated carbocycles. The SMILES string of the molecule is CC1=C(/C=C/C(=O)N2CC[C@@H](O)C2)C(C)(C)CCC1. The second-order valence-corrected chi connectivity index (χ2v) is 6.49. The molecule has 1 heterocycles. The van der Waals surface area contributed by atoms with Gasteiger partial charge in [-0.25, -0.2) is 0 Å². The zero-order valence-corrected chi connectivity index (χ0v) is 12.3. The molecule has 106 valence electrons. The molecule has 0 aromatic carbocycles. The fraction of sp³-hybridized carbons (Fsp3) is 0.688. The number of amides is 1. The van der Waals surface area contributed by atoms with Gasteiger partial charge in [0.1, 0.15) is 0 Å². The van der Waals surface area contributed by atoms with Crippen molar-refractivity contribution in [3.63, 3.8) is 0 Å². The van der Waals surface area contributed by atoms with Gasteiger partial charge in [-0.2, -0.15) is 0 Å². The lowest BCUT2D eigenvalue weighted by molar-refractivity contribution is -0.125. The molecule has 2 rings (SSSR count). The van der Waals surface area contributed by atoms with Gasteiger partial charge in [0.2, 0.25) is 5.91 Å². The number of nitrogens with zero attached hydrogens (tertiary/aromatic N) is 1. The summed E-state index contributed by atoms with van der Waals surface area (Å²) < 4.78 is 0. The Balaban J connectivity index is 2.07. The van der Waals surface area contributed by atoms with Gasteiger partial charge in [-0.05, 0) is 43.6 Å². The van der Waals surface area contributed by atoms with Crippen LogP contribution in [-0.4, -0.2) is 35.1 Å². The molecule has 1 amide bonds. The number of allylic oxidation sites excluding steroid dienone is 3. The zero-order chi connectivity index (χ0) is 14.0. The largest absolute Gasteiger partial charge is 0.391 e. The van der Waals surface area contributed by atoms with Gasteiger partial charge in [0.25, 0.3) is 0 Å². The van der Waals surface area contributed by atoms with E-state index in [0.717, 1.165) is 6.42 Å². The molecule has 1 N–H and O–H groups in total. The lowest BCUT2D eigenvalue weighted by Crippen LogP contribution is -2.28. The molecule has 19 heavy (non-hydrogen) atoms. The van der Waals surface area contributed by atoms with Gasteiger partial charge in [-0.1, -0.05) is 25.5 Å². The first-order chi connectivity index (χ1) is 8.90. The van der Waals surface area contributed by atoms with Crippen molar-refractivity contribution in [1.82, 2.24) is 4.90 Å². The summed E-state index contributed by atoms with van der Waals surface area (Å²) in [5.41, 5.74) is 2.89. The van der Waals surface area contributed by atoms with Crippen LogP contribution in [0.4, 0.5) is 0 Å². The van der Waals surface area contributed by atoms with E-state index in [4.69, 9.17) is 0 Å². The van der Waals surface area contributed by atoms with Gasteiger partial charge >= 0.3 is 0 Å². The maximum atomic E-state index is 12.1. The average molecular weight is 263 g/mol. The molecular formula is C16H25NO2. The van der Waals surface area contributed by atoms with Crippen molar-refractivity contribution in [3.05, 3.63) is 23.3 Å². The van der Waals surface area contributed by atoms with Crippen LogP contribution in [-0.2, 0) is 4.79 Å². The number of aliphatic hydroxyl groups is 1. The standard InChI is InChI=1S/C16H25NO2/c1-12-5-4-9-16(2,3)14(12)6-7-15(19)17-10-8-13(18)11-17/h6-7,13,18H,4-5,8-11H2,1-3H3/b7-6+/t13-/m1/s1. The average Bonchev–Trinajstić information content (AvgIpc) is 2.74. The van der Waals surface area contributed by atoms with E-state index < -0.39 is 0 Å². The summed E-state index contributed by atoms with van der Waals surface area (Å²) in [6.45, 7) is 7.82. The molecule has 2 aliphatic rings. The van der Waals surface area contributed by atoms with Crippen molar-refractivity contribution in [2.45, 2.75) is 52.6 Å². The second kappa shape index (κ2) is 5.49. The van der Waals surface area contributed by atoms with Crippen molar-refractivity contribution in [2.24, 2.45) is 5.41 Å². The smallest absolute Gasteiger partial charge is 0.246 e. The van der Waals surface area contributed by atoms with E-state index in [0.29, 0.717) is 19.5 Å². The van der Waals surface area contributed by atoms with Crippen molar-refractivity contribution in [1.29, 1.82) is 0 Å². The van der Waals surface area contributed by atoms with Gasteiger partial charge in [-0.3, -0.25) is 4.79 Å². The normalized spacial score (nSPS) is 27.4. The van der Waals surface area contributed by atoms with E-state index in [1.807, 2.05) is 6.08 Å². The Morgan fingerprint density at radius 2 is 2.21 bits per heavy atom. The van der Waals surface area contributed by atoms with Crippen LogP contribution in [0.2, 0.25) is 0 Å². The number of β-amino-alcohol motifs (C(OH)–C–C–N with tert-alkyl or cyclic N) is 1. The molecule has 1 saturated heterocycles. The van der Waals surface area contributed by atoms with E-state index in [1.54, 1.807) is 11.0 Å². The minimum absolute atomic E-state index is 0.0261. The third-order valence-electron chi connectivity index (χ3n) is 4.41. The fourth-order valence-corrected chi connectivity index (χ4v) is 3.21. The lowest BCUT2D eigenvalue weighted by atomic mass is 9.72. The molecule has 0 unspecified atom stereocenters. The maximum Gasteiger partial charge on any atom is 0.246 e. The molecule has 1 aliphatic carbocycles. The third-order valence-corrected chi connectivity index (χ3v) is 4.41. The Morgan fingerprint density at radius 1 is 1.47 bits per heavy atom. The molecule has 0 spiro atoms. The summed E-state index contributed by atoms with van der Waals surface area (Å²) in [5, 5.41) is 9.46. The number of aliphatic hydroxyl groups excluding tert-OH is 1. The number of likely N-dealkylation sites (tertiary alicyclic amines) is 1. The number of hydrogen-bond donors (Lipinski definition) is 1. The highest BCUT2D eigenvalue weighted by molar-refractivity contribution is 5.88. The van der Waals surface area contributed by atoms with E-state index >= 15 is 0 Å². The first-order valence-corrected chi connectivity index (χ1v) is 7.25. The number of rotatable bonds is 2. The van der Waals surface area contributed by atoms with Crippen molar-refractivity contribution >= 4 is 5.91 Å². The summed E-state index contributed by atoms with van der Waals surface area (Å²) in [6.07, 6.45) is 7.60. The van der Waals surface area contributed by atoms with Crippen molar-refractivity contribution < 1.29 is 9.90 Å². The first-order valence-electron chi connectivity index (χ1n) is 7.25. The highest BCUT2D eigenvalue weighted by Crippen LogP contribution is 2.40. The van der Waals surface area contributed by atoms with Crippen LogP contribution in [0.1, 0.15) is 46.5 Å². The Bertz CT molecular complexity index is 420. The van der Waals surface area contributed by atoms with Gasteiger partial charge < -0.3 is 10.0 Å². The van der Waals surface area contributed by atoms with Crippen molar-refractivity contribution in [3.8, 4) is 0 Å². The van der Waals surface area contributed by atoms with Gasteiger partial charge in [0.15, 0.2) is 0 Å². The van der Waals surface area contributed by atoms with Gasteiger partial charge in [0.05, 0.1) is 6.10 Å². The number of carbonyl (C=O) groups excluding carboxylic acids is 1. The van der Waals surface area contributed by atoms with Crippen LogP contribution in [0.5, 0.6) is 0 Å². The maximum absolute atomic E-state index is 12.1. The zero-order valence-electron chi connectivity index (χ0n) is 12.3. The molecule has 0 aromatic rings. The van der Waals surface area contributed by atoms with Crippen LogP contribution in [0.15, 0.2) is 23.3 Å². The predicted molar refractivity (Wildman–Crippen MR) is 76.7 cm³/mol. The molecule has 0 bridgehead atoms. The number of carbonyl (C=O) groups is 1. The molecular weight excluding hydrogens is 238 g/mol. The van der Waals surface area contributed by atoms with Crippen LogP contribution in [0.25, 0.3) is 0 Å². The predicted octanol–water partition coefficient (Wildman–Crippen LogP) is 2.66. The topological polar surface area (TPSA) is 40.5 Å². The van der Waals surface area contributed by atoms with Gasteiger partial charge in [-0.15, -0.1) is 0 Å². The first kappa shape index (κ1) is 14.3. The van der Waals surface area contributed by atoms with Gasteiger partial charge in [0, 0.05) is 19.2 Å². The fourth-order valence-electron chi connectivity index (χ4n) is 3.21. The van der Waals surface area contributed by atoms with E-state index in [9.17, 15) is 9.90 Å². The molecule has 1 atom stereocenters. The number of hydrogen-bond acceptors (Lipinski definition) is 2. The molecule has 1 aliphatic heterocycles. The Hall–Kier alpha value is -1.09. The molecule has 3 heteroatoms. The monoisotopic (exact) mass is 263 g/mol. The quantitative estimate of drug-likeness (QED) is 0.778. The lowest BCUT2D eigenvalue weighted by Gasteiger charge is -2.32. The minimum Gasteiger partial charge on any atom is -0.391 e. The summed E-state index contributed by atoms with van der Waals surface area (Å²) >= 11 is 0. The summed E-state index contributed by atoms with van der Waals surface area (Å²) in [4.78, 5) is 13.8.